The van der Waals surface area contributed by atoms with Crippen molar-refractivity contribution in [2.75, 3.05) is 20.8 Å². The van der Waals surface area contributed by atoms with Gasteiger partial charge in [0.2, 0.25) is 0 Å². The van der Waals surface area contributed by atoms with Gasteiger partial charge in [0.1, 0.15) is 5.82 Å². The molecule has 0 aliphatic carbocycles. The SMILES string of the molecule is CNC(COC)c1ccc(C(F)(F)F)c(F)c1. The van der Waals surface area contributed by atoms with E-state index in [1.807, 2.05) is 0 Å². The number of halogens is 4. The number of benzene rings is 1. The lowest BCUT2D eigenvalue weighted by atomic mass is 10.0. The summed E-state index contributed by atoms with van der Waals surface area (Å²) in [7, 11) is 3.09. The Balaban J connectivity index is 3.03. The molecule has 0 aliphatic heterocycles. The smallest absolute Gasteiger partial charge is 0.383 e. The molecule has 1 aromatic rings. The Bertz CT molecular complexity index is 378. The summed E-state index contributed by atoms with van der Waals surface area (Å²) < 4.78 is 55.2. The minimum atomic E-state index is -4.67. The summed E-state index contributed by atoms with van der Waals surface area (Å²) in [6, 6.07) is 2.52. The highest BCUT2D eigenvalue weighted by Crippen LogP contribution is 2.32. The van der Waals surface area contributed by atoms with Crippen LogP contribution in [0, 0.1) is 5.82 Å². The standard InChI is InChI=1S/C11H13F4NO/c1-16-10(6-17-2)7-3-4-8(9(12)5-7)11(13,14)15/h3-5,10,16H,6H2,1-2H3. The number of alkyl halides is 3. The van der Waals surface area contributed by atoms with Gasteiger partial charge in [-0.05, 0) is 24.7 Å². The first-order valence-electron chi connectivity index (χ1n) is 4.93. The highest BCUT2D eigenvalue weighted by molar-refractivity contribution is 5.28. The number of hydrogen-bond donors (Lipinski definition) is 1. The van der Waals surface area contributed by atoms with Crippen LogP contribution in [0.3, 0.4) is 0 Å². The number of hydrogen-bond acceptors (Lipinski definition) is 2. The average molecular weight is 251 g/mol. The minimum absolute atomic E-state index is 0.251. The summed E-state index contributed by atoms with van der Waals surface area (Å²) in [5.74, 6) is -1.27. The zero-order chi connectivity index (χ0) is 13.1. The van der Waals surface area contributed by atoms with Gasteiger partial charge in [0.25, 0.3) is 0 Å². The molecule has 0 saturated heterocycles. The molecule has 0 spiro atoms. The number of ether oxygens (including phenoxy) is 1. The molecule has 0 aromatic heterocycles. The third-order valence-corrected chi connectivity index (χ3v) is 2.38. The molecule has 1 N–H and O–H groups in total. The highest BCUT2D eigenvalue weighted by atomic mass is 19.4. The summed E-state index contributed by atoms with van der Waals surface area (Å²) in [5, 5.41) is 2.83. The maximum Gasteiger partial charge on any atom is 0.419 e. The largest absolute Gasteiger partial charge is 0.419 e. The van der Waals surface area contributed by atoms with Crippen LogP contribution < -0.4 is 5.32 Å². The van der Waals surface area contributed by atoms with E-state index in [4.69, 9.17) is 4.74 Å². The second-order valence-electron chi connectivity index (χ2n) is 3.53. The third kappa shape index (κ3) is 3.41. The van der Waals surface area contributed by atoms with E-state index in [0.717, 1.165) is 12.1 Å². The molecule has 0 bridgehead atoms. The van der Waals surface area contributed by atoms with Crippen molar-refractivity contribution in [2.45, 2.75) is 12.2 Å². The van der Waals surface area contributed by atoms with E-state index in [-0.39, 0.29) is 12.6 Å². The monoisotopic (exact) mass is 251 g/mol. The second-order valence-corrected chi connectivity index (χ2v) is 3.53. The minimum Gasteiger partial charge on any atom is -0.383 e. The molecule has 0 amide bonds. The van der Waals surface area contributed by atoms with Crippen LogP contribution in [0.1, 0.15) is 17.2 Å². The first kappa shape index (κ1) is 13.9. The Morgan fingerprint density at radius 2 is 2.00 bits per heavy atom. The summed E-state index contributed by atoms with van der Waals surface area (Å²) in [4.78, 5) is 0. The van der Waals surface area contributed by atoms with Crippen LogP contribution in [0.15, 0.2) is 18.2 Å². The first-order valence-corrected chi connectivity index (χ1v) is 4.93. The molecule has 1 aromatic carbocycles. The summed E-state index contributed by atoms with van der Waals surface area (Å²) in [6.07, 6.45) is -4.67. The lowest BCUT2D eigenvalue weighted by Crippen LogP contribution is -2.21. The van der Waals surface area contributed by atoms with Crippen molar-refractivity contribution in [1.29, 1.82) is 0 Å². The maximum atomic E-state index is 13.3. The summed E-state index contributed by atoms with van der Waals surface area (Å²) in [5.41, 5.74) is -0.839. The van der Waals surface area contributed by atoms with Gasteiger partial charge < -0.3 is 10.1 Å². The van der Waals surface area contributed by atoms with Gasteiger partial charge in [0.05, 0.1) is 18.2 Å². The number of rotatable bonds is 4. The van der Waals surface area contributed by atoms with E-state index < -0.39 is 17.6 Å². The molecule has 1 atom stereocenters. The zero-order valence-corrected chi connectivity index (χ0v) is 9.44. The van der Waals surface area contributed by atoms with Crippen molar-refractivity contribution < 1.29 is 22.3 Å². The van der Waals surface area contributed by atoms with Gasteiger partial charge in [-0.2, -0.15) is 13.2 Å². The van der Waals surface area contributed by atoms with Crippen LogP contribution in [0.4, 0.5) is 17.6 Å². The van der Waals surface area contributed by atoms with Gasteiger partial charge >= 0.3 is 6.18 Å². The molecule has 2 nitrogen and oxygen atoms in total. The van der Waals surface area contributed by atoms with Gasteiger partial charge in [-0.3, -0.25) is 0 Å². The maximum absolute atomic E-state index is 13.3. The van der Waals surface area contributed by atoms with Crippen LogP contribution >= 0.6 is 0 Å². The molecule has 0 saturated carbocycles. The highest BCUT2D eigenvalue weighted by Gasteiger charge is 2.34. The Morgan fingerprint density at radius 1 is 1.35 bits per heavy atom. The van der Waals surface area contributed by atoms with Gasteiger partial charge in [-0.15, -0.1) is 0 Å². The first-order chi connectivity index (χ1) is 7.90. The molecular formula is C11H13F4NO. The van der Waals surface area contributed by atoms with E-state index in [1.54, 1.807) is 7.05 Å². The topological polar surface area (TPSA) is 21.3 Å². The van der Waals surface area contributed by atoms with Crippen molar-refractivity contribution in [2.24, 2.45) is 0 Å². The quantitative estimate of drug-likeness (QED) is 0.831. The summed E-state index contributed by atoms with van der Waals surface area (Å²) in [6.45, 7) is 0.251. The Hall–Kier alpha value is -1.14. The normalized spacial score (nSPS) is 13.8. The van der Waals surface area contributed by atoms with Gasteiger partial charge in [-0.25, -0.2) is 4.39 Å². The van der Waals surface area contributed by atoms with Crippen molar-refractivity contribution in [3.8, 4) is 0 Å². The molecule has 0 fully saturated rings. The van der Waals surface area contributed by atoms with Crippen LogP contribution in [-0.2, 0) is 10.9 Å². The van der Waals surface area contributed by atoms with Crippen molar-refractivity contribution in [3.63, 3.8) is 0 Å². The molecule has 1 rings (SSSR count). The number of likely N-dealkylation sites (N-methyl/N-ethyl adjacent to an activating group) is 1. The molecular weight excluding hydrogens is 238 g/mol. The molecule has 0 radical (unpaired) electrons. The van der Waals surface area contributed by atoms with Crippen molar-refractivity contribution >= 4 is 0 Å². The molecule has 1 unspecified atom stereocenters. The van der Waals surface area contributed by atoms with E-state index in [2.05, 4.69) is 5.32 Å². The molecule has 96 valence electrons. The molecule has 0 aliphatic rings. The van der Waals surface area contributed by atoms with Crippen molar-refractivity contribution in [3.05, 3.63) is 35.1 Å². The van der Waals surface area contributed by atoms with Crippen molar-refractivity contribution in [1.82, 2.24) is 5.32 Å². The third-order valence-electron chi connectivity index (χ3n) is 2.38. The zero-order valence-electron chi connectivity index (χ0n) is 9.44. The van der Waals surface area contributed by atoms with Crippen LogP contribution in [0.25, 0.3) is 0 Å². The molecule has 17 heavy (non-hydrogen) atoms. The van der Waals surface area contributed by atoms with Gasteiger partial charge in [-0.1, -0.05) is 6.07 Å². The fourth-order valence-electron chi connectivity index (χ4n) is 1.49. The fourth-order valence-corrected chi connectivity index (χ4v) is 1.49. The molecule has 6 heteroatoms. The Labute approximate surface area is 96.6 Å². The predicted octanol–water partition coefficient (Wildman–Crippen LogP) is 2.75. The summed E-state index contributed by atoms with van der Waals surface area (Å²) >= 11 is 0. The Kier molecular flexibility index (Phi) is 4.47. The predicted molar refractivity (Wildman–Crippen MR) is 55.1 cm³/mol. The second kappa shape index (κ2) is 5.46. The number of methoxy groups -OCH3 is 1. The van der Waals surface area contributed by atoms with Gasteiger partial charge in [0.15, 0.2) is 0 Å². The lowest BCUT2D eigenvalue weighted by molar-refractivity contribution is -0.140. The average Bonchev–Trinajstić information content (AvgIpc) is 2.23. The molecule has 0 heterocycles. The van der Waals surface area contributed by atoms with E-state index in [0.29, 0.717) is 5.56 Å². The van der Waals surface area contributed by atoms with E-state index in [9.17, 15) is 17.6 Å². The van der Waals surface area contributed by atoms with Crippen LogP contribution in [0.2, 0.25) is 0 Å². The van der Waals surface area contributed by atoms with Crippen LogP contribution in [0.5, 0.6) is 0 Å². The Morgan fingerprint density at radius 3 is 2.41 bits per heavy atom. The van der Waals surface area contributed by atoms with Gasteiger partial charge in [0, 0.05) is 7.11 Å². The van der Waals surface area contributed by atoms with Crippen LogP contribution in [-0.4, -0.2) is 20.8 Å². The van der Waals surface area contributed by atoms with E-state index in [1.165, 1.54) is 13.2 Å². The number of nitrogens with one attached hydrogen (secondary N) is 1. The lowest BCUT2D eigenvalue weighted by Gasteiger charge is -2.17. The van der Waals surface area contributed by atoms with E-state index >= 15 is 0 Å². The fraction of sp³-hybridized carbons (Fsp3) is 0.455.